The van der Waals surface area contributed by atoms with E-state index >= 15 is 0 Å². The highest BCUT2D eigenvalue weighted by atomic mass is 16.5. The maximum atomic E-state index is 5.75. The van der Waals surface area contributed by atoms with Crippen molar-refractivity contribution in [2.75, 3.05) is 19.0 Å². The lowest BCUT2D eigenvalue weighted by Crippen LogP contribution is -2.10. The summed E-state index contributed by atoms with van der Waals surface area (Å²) in [5.74, 6) is 0.439. The van der Waals surface area contributed by atoms with Crippen LogP contribution >= 0.6 is 0 Å². The Kier molecular flexibility index (Phi) is 4.70. The number of hydrogen-bond acceptors (Lipinski definition) is 6. The largest absolute Gasteiger partial charge is 0.467 e. The standard InChI is InChI=1S/C14H18N4O2/c1-4-15-12-16-13(19-3)18-14(17-12)20-10(2)11-8-6-5-7-9-11/h5-10H,4H2,1-3H3,(H,15,16,17,18). The molecule has 0 amide bonds. The number of hydrogen-bond donors (Lipinski definition) is 1. The summed E-state index contributed by atoms with van der Waals surface area (Å²) in [6.45, 7) is 4.61. The smallest absolute Gasteiger partial charge is 0.325 e. The van der Waals surface area contributed by atoms with E-state index in [4.69, 9.17) is 9.47 Å². The predicted molar refractivity (Wildman–Crippen MR) is 76.0 cm³/mol. The molecule has 6 nitrogen and oxygen atoms in total. The molecule has 0 fully saturated rings. The van der Waals surface area contributed by atoms with E-state index in [1.54, 1.807) is 0 Å². The van der Waals surface area contributed by atoms with E-state index in [1.807, 2.05) is 44.2 Å². The van der Waals surface area contributed by atoms with Crippen molar-refractivity contribution in [3.8, 4) is 12.0 Å². The van der Waals surface area contributed by atoms with Gasteiger partial charge >= 0.3 is 12.0 Å². The summed E-state index contributed by atoms with van der Waals surface area (Å²) in [6, 6.07) is 10.4. The molecular weight excluding hydrogens is 256 g/mol. The molecule has 1 aromatic heterocycles. The van der Waals surface area contributed by atoms with Gasteiger partial charge in [-0.05, 0) is 19.4 Å². The van der Waals surface area contributed by atoms with Crippen LogP contribution in [0.2, 0.25) is 0 Å². The van der Waals surface area contributed by atoms with Crippen molar-refractivity contribution in [2.45, 2.75) is 20.0 Å². The normalized spacial score (nSPS) is 11.8. The molecule has 0 spiro atoms. The molecule has 0 saturated carbocycles. The minimum atomic E-state index is -0.155. The number of ether oxygens (including phenoxy) is 2. The zero-order chi connectivity index (χ0) is 14.4. The van der Waals surface area contributed by atoms with Crippen LogP contribution in [-0.2, 0) is 0 Å². The average Bonchev–Trinajstić information content (AvgIpc) is 2.48. The second-order valence-corrected chi connectivity index (χ2v) is 4.13. The first-order valence-electron chi connectivity index (χ1n) is 6.48. The third-order valence-corrected chi connectivity index (χ3v) is 2.66. The van der Waals surface area contributed by atoms with Crippen LogP contribution in [0.3, 0.4) is 0 Å². The number of benzene rings is 1. The lowest BCUT2D eigenvalue weighted by atomic mass is 10.1. The summed E-state index contributed by atoms with van der Waals surface area (Å²) >= 11 is 0. The molecule has 0 radical (unpaired) electrons. The van der Waals surface area contributed by atoms with Crippen molar-refractivity contribution >= 4 is 5.95 Å². The molecule has 6 heteroatoms. The van der Waals surface area contributed by atoms with Crippen LogP contribution < -0.4 is 14.8 Å². The zero-order valence-corrected chi connectivity index (χ0v) is 11.8. The van der Waals surface area contributed by atoms with Gasteiger partial charge in [0.2, 0.25) is 5.95 Å². The molecule has 0 bridgehead atoms. The summed E-state index contributed by atoms with van der Waals surface area (Å²) in [4.78, 5) is 12.4. The molecule has 2 aromatic rings. The van der Waals surface area contributed by atoms with Gasteiger partial charge in [-0.2, -0.15) is 9.97 Å². The average molecular weight is 274 g/mol. The van der Waals surface area contributed by atoms with Crippen LogP contribution in [0.15, 0.2) is 30.3 Å². The van der Waals surface area contributed by atoms with Crippen LogP contribution in [0, 0.1) is 0 Å². The SMILES string of the molecule is CCNc1nc(OC)nc(OC(C)c2ccccc2)n1. The topological polar surface area (TPSA) is 69.2 Å². The summed E-state index contributed by atoms with van der Waals surface area (Å²) in [6.07, 6.45) is -0.155. The number of nitrogens with one attached hydrogen (secondary N) is 1. The molecule has 0 aliphatic carbocycles. The van der Waals surface area contributed by atoms with Gasteiger partial charge in [0.05, 0.1) is 7.11 Å². The molecule has 0 saturated heterocycles. The Labute approximate surface area is 118 Å². The number of nitrogens with zero attached hydrogens (tertiary/aromatic N) is 3. The number of aromatic nitrogens is 3. The van der Waals surface area contributed by atoms with Crippen molar-refractivity contribution in [3.63, 3.8) is 0 Å². The molecule has 1 aromatic carbocycles. The van der Waals surface area contributed by atoms with Gasteiger partial charge in [-0.15, -0.1) is 4.98 Å². The van der Waals surface area contributed by atoms with E-state index < -0.39 is 0 Å². The van der Waals surface area contributed by atoms with E-state index in [1.165, 1.54) is 7.11 Å². The number of rotatable bonds is 6. The maximum Gasteiger partial charge on any atom is 0.325 e. The summed E-state index contributed by atoms with van der Waals surface area (Å²) in [5, 5.41) is 3.01. The monoisotopic (exact) mass is 274 g/mol. The van der Waals surface area contributed by atoms with Crippen molar-refractivity contribution in [1.82, 2.24) is 15.0 Å². The second kappa shape index (κ2) is 6.70. The molecule has 1 N–H and O–H groups in total. The van der Waals surface area contributed by atoms with Gasteiger partial charge < -0.3 is 14.8 Å². The quantitative estimate of drug-likeness (QED) is 0.872. The van der Waals surface area contributed by atoms with Gasteiger partial charge in [0.15, 0.2) is 0 Å². The summed E-state index contributed by atoms with van der Waals surface area (Å²) in [7, 11) is 1.51. The fourth-order valence-electron chi connectivity index (χ4n) is 1.67. The van der Waals surface area contributed by atoms with Crippen molar-refractivity contribution < 1.29 is 9.47 Å². The van der Waals surface area contributed by atoms with Crippen molar-refractivity contribution in [3.05, 3.63) is 35.9 Å². The van der Waals surface area contributed by atoms with Gasteiger partial charge in [0.1, 0.15) is 6.10 Å². The van der Waals surface area contributed by atoms with Crippen LogP contribution in [0.1, 0.15) is 25.5 Å². The van der Waals surface area contributed by atoms with E-state index in [9.17, 15) is 0 Å². The lowest BCUT2D eigenvalue weighted by Gasteiger charge is -2.14. The minimum Gasteiger partial charge on any atom is -0.467 e. The highest BCUT2D eigenvalue weighted by Crippen LogP contribution is 2.20. The first-order valence-corrected chi connectivity index (χ1v) is 6.48. The first-order chi connectivity index (χ1) is 9.72. The Hall–Kier alpha value is -2.37. The van der Waals surface area contributed by atoms with Crippen LogP contribution in [0.5, 0.6) is 12.0 Å². The third-order valence-electron chi connectivity index (χ3n) is 2.66. The van der Waals surface area contributed by atoms with Crippen molar-refractivity contribution in [1.29, 1.82) is 0 Å². The van der Waals surface area contributed by atoms with Crippen LogP contribution in [0.4, 0.5) is 5.95 Å². The van der Waals surface area contributed by atoms with E-state index in [-0.39, 0.29) is 18.1 Å². The Bertz CT molecular complexity index is 548. The molecule has 0 aliphatic heterocycles. The van der Waals surface area contributed by atoms with Gasteiger partial charge in [0.25, 0.3) is 0 Å². The van der Waals surface area contributed by atoms with E-state index in [0.717, 1.165) is 5.56 Å². The Morgan fingerprint density at radius 2 is 1.80 bits per heavy atom. The molecule has 1 heterocycles. The zero-order valence-electron chi connectivity index (χ0n) is 11.8. The number of methoxy groups -OCH3 is 1. The van der Waals surface area contributed by atoms with Gasteiger partial charge in [0, 0.05) is 6.54 Å². The lowest BCUT2D eigenvalue weighted by molar-refractivity contribution is 0.203. The minimum absolute atomic E-state index is 0.155. The molecule has 1 unspecified atom stereocenters. The molecular formula is C14H18N4O2. The van der Waals surface area contributed by atoms with Crippen molar-refractivity contribution in [2.24, 2.45) is 0 Å². The van der Waals surface area contributed by atoms with Crippen LogP contribution in [0.25, 0.3) is 0 Å². The fourth-order valence-corrected chi connectivity index (χ4v) is 1.67. The predicted octanol–water partition coefficient (Wildman–Crippen LogP) is 2.45. The van der Waals surface area contributed by atoms with Gasteiger partial charge in [-0.1, -0.05) is 30.3 Å². The van der Waals surface area contributed by atoms with Crippen LogP contribution in [-0.4, -0.2) is 28.6 Å². The summed E-state index contributed by atoms with van der Waals surface area (Å²) < 4.78 is 10.8. The highest BCUT2D eigenvalue weighted by molar-refractivity contribution is 5.27. The third kappa shape index (κ3) is 3.57. The summed E-state index contributed by atoms with van der Waals surface area (Å²) in [5.41, 5.74) is 1.05. The molecule has 106 valence electrons. The number of anilines is 1. The Morgan fingerprint density at radius 1 is 1.10 bits per heavy atom. The highest BCUT2D eigenvalue weighted by Gasteiger charge is 2.12. The Balaban J connectivity index is 2.17. The fraction of sp³-hybridized carbons (Fsp3) is 0.357. The first kappa shape index (κ1) is 14.0. The van der Waals surface area contributed by atoms with Gasteiger partial charge in [-0.25, -0.2) is 0 Å². The molecule has 2 rings (SSSR count). The molecule has 0 aliphatic rings. The van der Waals surface area contributed by atoms with E-state index in [0.29, 0.717) is 12.5 Å². The van der Waals surface area contributed by atoms with Gasteiger partial charge in [-0.3, -0.25) is 0 Å². The second-order valence-electron chi connectivity index (χ2n) is 4.13. The molecule has 1 atom stereocenters. The van der Waals surface area contributed by atoms with E-state index in [2.05, 4.69) is 20.3 Å². The maximum absolute atomic E-state index is 5.75. The Morgan fingerprint density at radius 3 is 2.45 bits per heavy atom. The molecule has 20 heavy (non-hydrogen) atoms.